The number of hydrogen-bond acceptors (Lipinski definition) is 8. The summed E-state index contributed by atoms with van der Waals surface area (Å²) < 4.78 is 7.35. The molecule has 1 saturated heterocycles. The number of anilines is 1. The minimum atomic E-state index is -0.547. The van der Waals surface area contributed by atoms with Crippen LogP contribution in [0.5, 0.6) is 0 Å². The lowest BCUT2D eigenvalue weighted by Gasteiger charge is -2.35. The molecule has 1 aliphatic carbocycles. The van der Waals surface area contributed by atoms with Crippen LogP contribution in [-0.4, -0.2) is 85.1 Å². The van der Waals surface area contributed by atoms with Crippen molar-refractivity contribution in [2.75, 3.05) is 38.0 Å². The number of nitrogens with zero attached hydrogens (tertiary/aromatic N) is 6. The van der Waals surface area contributed by atoms with Crippen molar-refractivity contribution >= 4 is 34.9 Å². The zero-order valence-corrected chi connectivity index (χ0v) is 27.0. The Morgan fingerprint density at radius 3 is 2.49 bits per heavy atom. The first-order valence-corrected chi connectivity index (χ1v) is 15.9. The van der Waals surface area contributed by atoms with E-state index in [2.05, 4.69) is 25.2 Å². The van der Waals surface area contributed by atoms with Gasteiger partial charge in [-0.15, -0.1) is 0 Å². The molecular formula is C34H45N7O4. The molecule has 5 heterocycles. The lowest BCUT2D eigenvalue weighted by molar-refractivity contribution is -0.105. The first-order valence-electron chi connectivity index (χ1n) is 15.9. The van der Waals surface area contributed by atoms with E-state index in [1.165, 1.54) is 19.4 Å². The second-order valence-corrected chi connectivity index (χ2v) is 13.0. The van der Waals surface area contributed by atoms with E-state index in [1.54, 1.807) is 18.6 Å². The molecule has 6 rings (SSSR count). The second kappa shape index (κ2) is 13.9. The van der Waals surface area contributed by atoms with Gasteiger partial charge in [0.1, 0.15) is 17.1 Å². The van der Waals surface area contributed by atoms with Gasteiger partial charge < -0.3 is 20.1 Å². The molecule has 240 valence electrons. The first kappa shape index (κ1) is 32.3. The van der Waals surface area contributed by atoms with Gasteiger partial charge in [0.2, 0.25) is 6.41 Å². The lowest BCUT2D eigenvalue weighted by atomic mass is 10.00. The van der Waals surface area contributed by atoms with Gasteiger partial charge >= 0.3 is 6.09 Å². The van der Waals surface area contributed by atoms with Crippen LogP contribution in [0.1, 0.15) is 70.7 Å². The molecule has 0 aromatic carbocycles. The lowest BCUT2D eigenvalue weighted by Crippen LogP contribution is -2.50. The molecule has 2 N–H and O–H groups in total. The Morgan fingerprint density at radius 1 is 1.09 bits per heavy atom. The second-order valence-electron chi connectivity index (χ2n) is 13.0. The van der Waals surface area contributed by atoms with Crippen molar-refractivity contribution in [1.29, 1.82) is 0 Å². The van der Waals surface area contributed by atoms with Crippen LogP contribution >= 0.6 is 0 Å². The number of carbonyl (C=O) groups is 2. The maximum atomic E-state index is 11.8. The van der Waals surface area contributed by atoms with Crippen LogP contribution in [0.2, 0.25) is 0 Å². The van der Waals surface area contributed by atoms with E-state index in [9.17, 15) is 14.7 Å². The average molecular weight is 616 g/mol. The van der Waals surface area contributed by atoms with Crippen LogP contribution in [0.3, 0.4) is 0 Å². The highest BCUT2D eigenvalue weighted by atomic mass is 16.6. The summed E-state index contributed by atoms with van der Waals surface area (Å²) in [6, 6.07) is 5.79. The summed E-state index contributed by atoms with van der Waals surface area (Å²) in [6.45, 7) is 14.6. The fraction of sp³-hybridized carbons (Fsp3) is 0.500. The molecule has 11 heteroatoms. The van der Waals surface area contributed by atoms with Crippen molar-refractivity contribution in [3.8, 4) is 11.1 Å². The summed E-state index contributed by atoms with van der Waals surface area (Å²) in [5.41, 5.74) is 4.92. The summed E-state index contributed by atoms with van der Waals surface area (Å²) in [4.78, 5) is 40.2. The number of piperazine rings is 1. The van der Waals surface area contributed by atoms with E-state index in [0.717, 1.165) is 71.8 Å². The monoisotopic (exact) mass is 615 g/mol. The largest absolute Gasteiger partial charge is 0.444 e. The van der Waals surface area contributed by atoms with E-state index in [-0.39, 0.29) is 11.7 Å². The third-order valence-electron chi connectivity index (χ3n) is 8.12. The molecule has 1 unspecified atom stereocenters. The molecule has 2 amide bonds. The van der Waals surface area contributed by atoms with E-state index < -0.39 is 6.10 Å². The summed E-state index contributed by atoms with van der Waals surface area (Å²) in [5.74, 6) is 1.42. The van der Waals surface area contributed by atoms with Gasteiger partial charge in [0, 0.05) is 80.1 Å². The number of amides is 2. The molecule has 0 radical (unpaired) electrons. The van der Waals surface area contributed by atoms with Crippen molar-refractivity contribution in [2.24, 2.45) is 5.92 Å². The molecule has 1 aliphatic heterocycles. The number of aromatic nitrogens is 4. The zero-order chi connectivity index (χ0) is 32.1. The summed E-state index contributed by atoms with van der Waals surface area (Å²) in [6.07, 6.45) is 11.4. The van der Waals surface area contributed by atoms with Crippen LogP contribution in [0.4, 0.5) is 10.6 Å². The number of aliphatic hydroxyl groups excluding tert-OH is 1. The Balaban J connectivity index is 0.000000201. The first-order chi connectivity index (χ1) is 21.6. The van der Waals surface area contributed by atoms with Crippen LogP contribution in [0.15, 0.2) is 43.0 Å². The highest BCUT2D eigenvalue weighted by molar-refractivity contribution is 5.93. The predicted octanol–water partition coefficient (Wildman–Crippen LogP) is 5.60. The molecule has 2 aliphatic rings. The van der Waals surface area contributed by atoms with Crippen molar-refractivity contribution in [3.05, 3.63) is 54.2 Å². The van der Waals surface area contributed by atoms with Gasteiger partial charge in [0.25, 0.3) is 0 Å². The molecule has 11 nitrogen and oxygen atoms in total. The maximum Gasteiger partial charge on any atom is 0.410 e. The molecule has 4 aromatic heterocycles. The molecule has 2 fully saturated rings. The number of fused-ring (bicyclic) bond motifs is 3. The number of ether oxygens (including phenoxy) is 1. The SMILES string of the molecule is CC(C)(C)OC(=O)N1CCN(CC2CC2)CC1.CCCC(O)c1cc(C)c(-c2cc3cnc(NC=O)cc3n3ccnc23)cn1. The van der Waals surface area contributed by atoms with Crippen LogP contribution in [0.25, 0.3) is 27.7 Å². The van der Waals surface area contributed by atoms with E-state index >= 15 is 0 Å². The summed E-state index contributed by atoms with van der Waals surface area (Å²) in [5, 5.41) is 13.7. The number of nitrogens with one attached hydrogen (secondary N) is 1. The third-order valence-corrected chi connectivity index (χ3v) is 8.12. The normalized spacial score (nSPS) is 16.3. The number of rotatable bonds is 8. The van der Waals surface area contributed by atoms with Crippen molar-refractivity contribution in [1.82, 2.24) is 29.2 Å². The number of carbonyl (C=O) groups excluding carboxylic acids is 2. The summed E-state index contributed by atoms with van der Waals surface area (Å²) >= 11 is 0. The van der Waals surface area contributed by atoms with Gasteiger partial charge in [-0.3, -0.25) is 19.1 Å². The van der Waals surface area contributed by atoms with Gasteiger partial charge in [-0.2, -0.15) is 0 Å². The Labute approximate surface area is 264 Å². The fourth-order valence-corrected chi connectivity index (χ4v) is 5.60. The van der Waals surface area contributed by atoms with Gasteiger partial charge in [-0.05, 0) is 70.6 Å². The molecule has 0 bridgehead atoms. The van der Waals surface area contributed by atoms with Gasteiger partial charge in [-0.25, -0.2) is 14.8 Å². The number of imidazole rings is 1. The van der Waals surface area contributed by atoms with Gasteiger partial charge in [0.15, 0.2) is 0 Å². The summed E-state index contributed by atoms with van der Waals surface area (Å²) in [7, 11) is 0. The standard InChI is InChI=1S/C21H21N5O2.C13H24N2O2/c1-3-4-19(28)17-7-13(2)16(11-23-17)15-8-14-10-24-20(25-12-27)9-18(14)26-6-5-22-21(15)26;1-13(2,3)17-12(16)15-8-6-14(7-9-15)10-11-4-5-11/h5-12,19,28H,3-4H2,1-2H3,(H,24,25,27);11H,4-10H2,1-3H3. The minimum absolute atomic E-state index is 0.163. The molecular weight excluding hydrogens is 570 g/mol. The number of aliphatic hydroxyl groups is 1. The quantitative estimate of drug-likeness (QED) is 0.245. The van der Waals surface area contributed by atoms with Crippen molar-refractivity contribution in [2.45, 2.75) is 72.0 Å². The molecule has 45 heavy (non-hydrogen) atoms. The predicted molar refractivity (Wildman–Crippen MR) is 175 cm³/mol. The number of aryl methyl sites for hydroxylation is 1. The highest BCUT2D eigenvalue weighted by Gasteiger charge is 2.29. The molecule has 0 spiro atoms. The van der Waals surface area contributed by atoms with E-state index in [1.807, 2.05) is 68.3 Å². The van der Waals surface area contributed by atoms with Gasteiger partial charge in [0.05, 0.1) is 17.3 Å². The highest BCUT2D eigenvalue weighted by Crippen LogP contribution is 2.32. The van der Waals surface area contributed by atoms with E-state index in [4.69, 9.17) is 4.74 Å². The Bertz CT molecular complexity index is 1640. The van der Waals surface area contributed by atoms with Gasteiger partial charge in [-0.1, -0.05) is 13.3 Å². The average Bonchev–Trinajstić information content (AvgIpc) is 3.67. The van der Waals surface area contributed by atoms with Crippen molar-refractivity contribution < 1.29 is 19.4 Å². The van der Waals surface area contributed by atoms with Crippen LogP contribution in [-0.2, 0) is 9.53 Å². The van der Waals surface area contributed by atoms with E-state index in [0.29, 0.717) is 24.3 Å². The Kier molecular flexibility index (Phi) is 9.99. The van der Waals surface area contributed by atoms with Crippen LogP contribution in [0, 0.1) is 12.8 Å². The molecule has 1 atom stereocenters. The van der Waals surface area contributed by atoms with Crippen LogP contribution < -0.4 is 5.32 Å². The number of hydrogen-bond donors (Lipinski definition) is 2. The minimum Gasteiger partial charge on any atom is -0.444 e. The zero-order valence-electron chi connectivity index (χ0n) is 27.0. The smallest absolute Gasteiger partial charge is 0.410 e. The maximum absolute atomic E-state index is 11.8. The number of pyridine rings is 3. The third kappa shape index (κ3) is 8.15. The fourth-order valence-electron chi connectivity index (χ4n) is 5.60. The molecule has 1 saturated carbocycles. The Hall–Kier alpha value is -4.09. The van der Waals surface area contributed by atoms with Crippen molar-refractivity contribution in [3.63, 3.8) is 0 Å². The Morgan fingerprint density at radius 2 is 1.84 bits per heavy atom. The molecule has 4 aromatic rings. The topological polar surface area (TPSA) is 125 Å².